The first kappa shape index (κ1) is 7.19. The average molecular weight is 162 g/mol. The number of rotatable bonds is 0. The average Bonchev–Trinajstić information content (AvgIpc) is 2.47. The maximum absolute atomic E-state index is 12.1. The van der Waals surface area contributed by atoms with Crippen molar-refractivity contribution in [2.45, 2.75) is 19.0 Å². The summed E-state index contributed by atoms with van der Waals surface area (Å²) >= 11 is 0. The lowest BCUT2D eigenvalue weighted by Gasteiger charge is -2.08. The molecule has 2 aliphatic rings. The van der Waals surface area contributed by atoms with Gasteiger partial charge in [-0.1, -0.05) is 12.2 Å². The van der Waals surface area contributed by atoms with Crippen molar-refractivity contribution < 1.29 is 13.2 Å². The summed E-state index contributed by atoms with van der Waals surface area (Å²) in [5.74, 6) is -1.36. The molecule has 3 atom stereocenters. The Labute approximate surface area is 63.1 Å². The van der Waals surface area contributed by atoms with Crippen LogP contribution in [0.4, 0.5) is 13.2 Å². The molecule has 0 saturated heterocycles. The Morgan fingerprint density at radius 2 is 2.00 bits per heavy atom. The molecule has 2 rings (SSSR count). The van der Waals surface area contributed by atoms with Crippen molar-refractivity contribution in [2.75, 3.05) is 0 Å². The van der Waals surface area contributed by atoms with Gasteiger partial charge in [-0.3, -0.25) is 0 Å². The third-order valence-corrected chi connectivity index (χ3v) is 2.82. The van der Waals surface area contributed by atoms with Gasteiger partial charge in [0.05, 0.1) is 5.92 Å². The third-order valence-electron chi connectivity index (χ3n) is 2.82. The molecule has 0 aliphatic heterocycles. The molecule has 2 fully saturated rings. The summed E-state index contributed by atoms with van der Waals surface area (Å²) in [4.78, 5) is 0. The number of halogens is 3. The fourth-order valence-corrected chi connectivity index (χ4v) is 2.25. The van der Waals surface area contributed by atoms with Crippen LogP contribution in [-0.4, -0.2) is 6.18 Å². The van der Waals surface area contributed by atoms with E-state index in [-0.39, 0.29) is 11.8 Å². The van der Waals surface area contributed by atoms with E-state index >= 15 is 0 Å². The SMILES string of the molecule is C=C1CCC2C1C2C(F)(F)F. The predicted molar refractivity (Wildman–Crippen MR) is 34.9 cm³/mol. The van der Waals surface area contributed by atoms with E-state index in [1.807, 2.05) is 0 Å². The molecule has 0 aromatic heterocycles. The van der Waals surface area contributed by atoms with Crippen LogP contribution in [0.3, 0.4) is 0 Å². The van der Waals surface area contributed by atoms with Crippen molar-refractivity contribution in [3.63, 3.8) is 0 Å². The minimum Gasteiger partial charge on any atom is -0.171 e. The largest absolute Gasteiger partial charge is 0.392 e. The van der Waals surface area contributed by atoms with Gasteiger partial charge in [0.2, 0.25) is 0 Å². The van der Waals surface area contributed by atoms with E-state index in [9.17, 15) is 13.2 Å². The Morgan fingerprint density at radius 1 is 1.36 bits per heavy atom. The molecule has 0 radical (unpaired) electrons. The first-order valence-electron chi connectivity index (χ1n) is 3.76. The minimum absolute atomic E-state index is 0.109. The molecular weight excluding hydrogens is 153 g/mol. The van der Waals surface area contributed by atoms with Crippen LogP contribution in [0.1, 0.15) is 12.8 Å². The third kappa shape index (κ3) is 0.898. The van der Waals surface area contributed by atoms with Crippen molar-refractivity contribution in [1.29, 1.82) is 0 Å². The molecule has 0 aromatic rings. The van der Waals surface area contributed by atoms with E-state index in [1.54, 1.807) is 0 Å². The Bertz CT molecular complexity index is 204. The fourth-order valence-electron chi connectivity index (χ4n) is 2.25. The van der Waals surface area contributed by atoms with Crippen molar-refractivity contribution >= 4 is 0 Å². The molecule has 0 bridgehead atoms. The molecule has 0 spiro atoms. The second-order valence-corrected chi connectivity index (χ2v) is 3.45. The quantitative estimate of drug-likeness (QED) is 0.480. The zero-order valence-corrected chi connectivity index (χ0v) is 5.99. The highest BCUT2D eigenvalue weighted by atomic mass is 19.4. The van der Waals surface area contributed by atoms with E-state index in [2.05, 4.69) is 6.58 Å². The highest BCUT2D eigenvalue weighted by Gasteiger charge is 2.66. The number of allylic oxidation sites excluding steroid dienone is 1. The molecule has 62 valence electrons. The number of hydrogen-bond donors (Lipinski definition) is 0. The summed E-state index contributed by atoms with van der Waals surface area (Å²) in [6, 6.07) is 0. The topological polar surface area (TPSA) is 0 Å². The lowest BCUT2D eigenvalue weighted by atomic mass is 10.1. The lowest BCUT2D eigenvalue weighted by molar-refractivity contribution is -0.154. The maximum atomic E-state index is 12.1. The monoisotopic (exact) mass is 162 g/mol. The highest BCUT2D eigenvalue weighted by molar-refractivity contribution is 5.23. The molecule has 2 saturated carbocycles. The molecule has 0 N–H and O–H groups in total. The number of fused-ring (bicyclic) bond motifs is 1. The van der Waals surface area contributed by atoms with Crippen molar-refractivity contribution in [3.05, 3.63) is 12.2 Å². The van der Waals surface area contributed by atoms with Gasteiger partial charge in [-0.25, -0.2) is 0 Å². The molecular formula is C8H9F3. The van der Waals surface area contributed by atoms with Crippen LogP contribution in [-0.2, 0) is 0 Å². The van der Waals surface area contributed by atoms with Crippen molar-refractivity contribution in [3.8, 4) is 0 Å². The van der Waals surface area contributed by atoms with Crippen LogP contribution in [0.2, 0.25) is 0 Å². The highest BCUT2D eigenvalue weighted by Crippen LogP contribution is 2.65. The van der Waals surface area contributed by atoms with Gasteiger partial charge < -0.3 is 0 Å². The Morgan fingerprint density at radius 3 is 2.27 bits per heavy atom. The van der Waals surface area contributed by atoms with Gasteiger partial charge in [-0.15, -0.1) is 0 Å². The van der Waals surface area contributed by atoms with Crippen molar-refractivity contribution in [2.24, 2.45) is 17.8 Å². The van der Waals surface area contributed by atoms with E-state index in [0.29, 0.717) is 6.42 Å². The number of hydrogen-bond acceptors (Lipinski definition) is 0. The Kier molecular flexibility index (Phi) is 1.19. The zero-order valence-electron chi connectivity index (χ0n) is 5.99. The Balaban J connectivity index is 2.10. The van der Waals surface area contributed by atoms with E-state index in [4.69, 9.17) is 0 Å². The standard InChI is InChI=1S/C8H9F3/c1-4-2-3-5-6(4)7(5)8(9,10)11/h5-7H,1-3H2. The van der Waals surface area contributed by atoms with Crippen LogP contribution in [0.15, 0.2) is 12.2 Å². The normalized spacial score (nSPS) is 42.5. The molecule has 0 amide bonds. The smallest absolute Gasteiger partial charge is 0.171 e. The zero-order chi connectivity index (χ0) is 8.22. The minimum atomic E-state index is -3.97. The lowest BCUT2D eigenvalue weighted by Crippen LogP contribution is -2.14. The van der Waals surface area contributed by atoms with Gasteiger partial charge >= 0.3 is 6.18 Å². The van der Waals surface area contributed by atoms with Crippen LogP contribution in [0, 0.1) is 17.8 Å². The summed E-state index contributed by atoms with van der Waals surface area (Å²) < 4.78 is 36.3. The number of alkyl halides is 3. The summed E-state index contributed by atoms with van der Waals surface area (Å²) in [6.45, 7) is 3.64. The summed E-state index contributed by atoms with van der Waals surface area (Å²) in [7, 11) is 0. The fraction of sp³-hybridized carbons (Fsp3) is 0.750. The van der Waals surface area contributed by atoms with Crippen LogP contribution < -0.4 is 0 Å². The van der Waals surface area contributed by atoms with Gasteiger partial charge in [0.15, 0.2) is 0 Å². The Hall–Kier alpha value is -0.470. The second kappa shape index (κ2) is 1.82. The molecule has 3 heteroatoms. The summed E-state index contributed by atoms with van der Waals surface area (Å²) in [5, 5.41) is 0. The molecule has 11 heavy (non-hydrogen) atoms. The van der Waals surface area contributed by atoms with Crippen LogP contribution in [0.5, 0.6) is 0 Å². The van der Waals surface area contributed by atoms with E-state index in [0.717, 1.165) is 12.0 Å². The van der Waals surface area contributed by atoms with Crippen LogP contribution in [0.25, 0.3) is 0 Å². The summed E-state index contributed by atoms with van der Waals surface area (Å²) in [5.41, 5.74) is 0.817. The molecule has 0 heterocycles. The van der Waals surface area contributed by atoms with Gasteiger partial charge in [0.1, 0.15) is 0 Å². The van der Waals surface area contributed by atoms with E-state index < -0.39 is 12.1 Å². The first-order chi connectivity index (χ1) is 5.02. The second-order valence-electron chi connectivity index (χ2n) is 3.45. The first-order valence-corrected chi connectivity index (χ1v) is 3.76. The van der Waals surface area contributed by atoms with Gasteiger partial charge in [-0.05, 0) is 24.7 Å². The summed E-state index contributed by atoms with van der Waals surface area (Å²) in [6.07, 6.45) is -2.46. The molecule has 0 nitrogen and oxygen atoms in total. The van der Waals surface area contributed by atoms with Crippen molar-refractivity contribution in [1.82, 2.24) is 0 Å². The molecule has 3 unspecified atom stereocenters. The van der Waals surface area contributed by atoms with E-state index in [1.165, 1.54) is 0 Å². The van der Waals surface area contributed by atoms with Gasteiger partial charge in [0.25, 0.3) is 0 Å². The van der Waals surface area contributed by atoms with Crippen LogP contribution >= 0.6 is 0 Å². The van der Waals surface area contributed by atoms with Gasteiger partial charge in [-0.2, -0.15) is 13.2 Å². The predicted octanol–water partition coefficient (Wildman–Crippen LogP) is 2.76. The van der Waals surface area contributed by atoms with Gasteiger partial charge in [0, 0.05) is 0 Å². The molecule has 2 aliphatic carbocycles. The molecule has 0 aromatic carbocycles. The maximum Gasteiger partial charge on any atom is 0.392 e.